The van der Waals surface area contributed by atoms with E-state index in [1.54, 1.807) is 0 Å². The summed E-state index contributed by atoms with van der Waals surface area (Å²) in [5.41, 5.74) is 20.8. The van der Waals surface area contributed by atoms with Gasteiger partial charge in [0.1, 0.15) is 0 Å². The van der Waals surface area contributed by atoms with E-state index in [9.17, 15) is 0 Å². The Kier molecular flexibility index (Phi) is 9.58. The molecule has 0 fully saturated rings. The average molecular weight is 917 g/mol. The van der Waals surface area contributed by atoms with Crippen molar-refractivity contribution in [3.63, 3.8) is 0 Å². The molecule has 7 heteroatoms. The molecule has 0 unspecified atom stereocenters. The van der Waals surface area contributed by atoms with Crippen LogP contribution in [0.25, 0.3) is 77.4 Å². The highest BCUT2D eigenvalue weighted by Gasteiger charge is 2.43. The number of rotatable bonds is 7. The second kappa shape index (κ2) is 16.7. The Bertz CT molecular complexity index is 3960. The molecule has 0 bridgehead atoms. The van der Waals surface area contributed by atoms with Crippen molar-refractivity contribution in [2.24, 2.45) is 0 Å². The lowest BCUT2D eigenvalue weighted by atomic mass is 9.33. The van der Waals surface area contributed by atoms with Crippen LogP contribution >= 0.6 is 0 Å². The van der Waals surface area contributed by atoms with Gasteiger partial charge in [0.05, 0.1) is 29.0 Å². The van der Waals surface area contributed by atoms with Crippen LogP contribution in [0.4, 0.5) is 39.8 Å². The topological polar surface area (TPSA) is 41.6 Å². The van der Waals surface area contributed by atoms with Crippen molar-refractivity contribution >= 4 is 84.7 Å². The van der Waals surface area contributed by atoms with Gasteiger partial charge in [-0.1, -0.05) is 170 Å². The summed E-state index contributed by atoms with van der Waals surface area (Å²) in [6, 6.07) is 88.1. The van der Waals surface area contributed by atoms with E-state index >= 15 is 0 Å². The van der Waals surface area contributed by atoms with Gasteiger partial charge in [-0.15, -0.1) is 0 Å². The lowest BCUT2D eigenvalue weighted by molar-refractivity contribution is 1.14. The first-order valence-electron chi connectivity index (χ1n) is 24.3. The molecule has 0 saturated carbocycles. The first-order valence-corrected chi connectivity index (χ1v) is 24.3. The van der Waals surface area contributed by atoms with E-state index in [1.165, 1.54) is 27.8 Å². The van der Waals surface area contributed by atoms with Gasteiger partial charge in [-0.3, -0.25) is 0 Å². The highest BCUT2D eigenvalue weighted by molar-refractivity contribution is 7.00. The monoisotopic (exact) mass is 916 g/mol. The first-order chi connectivity index (χ1) is 35.7. The molecule has 14 rings (SSSR count). The molecule has 0 amide bonds. The molecule has 0 radical (unpaired) electrons. The second-order valence-electron chi connectivity index (χ2n) is 18.4. The summed E-state index contributed by atoms with van der Waals surface area (Å²) in [6.07, 6.45) is 0. The molecule has 2 aliphatic heterocycles. The Morgan fingerprint density at radius 1 is 0.375 bits per heavy atom. The molecule has 0 saturated heterocycles. The summed E-state index contributed by atoms with van der Waals surface area (Å²) >= 11 is 0. The molecule has 2 aromatic heterocycles. The lowest BCUT2D eigenvalue weighted by Gasteiger charge is -2.44. The minimum Gasteiger partial charge on any atom is -0.311 e. The minimum atomic E-state index is 0.0263. The fourth-order valence-corrected chi connectivity index (χ4v) is 11.2. The van der Waals surface area contributed by atoms with E-state index in [0.717, 1.165) is 89.4 Å². The summed E-state index contributed by atoms with van der Waals surface area (Å²) < 4.78 is 2.29. The number of nitrogens with zero attached hydrogens (tertiary/aromatic N) is 6. The molecule has 2 aliphatic rings. The molecular formula is C65H41BN6. The van der Waals surface area contributed by atoms with Crippen LogP contribution in [0.5, 0.6) is 0 Å². The smallest absolute Gasteiger partial charge is 0.252 e. The van der Waals surface area contributed by atoms with Crippen LogP contribution < -0.4 is 26.2 Å². The fourth-order valence-electron chi connectivity index (χ4n) is 11.2. The predicted molar refractivity (Wildman–Crippen MR) is 298 cm³/mol. The van der Waals surface area contributed by atoms with Crippen LogP contribution in [0.15, 0.2) is 249 Å². The number of benzene rings is 10. The molecule has 6 nitrogen and oxygen atoms in total. The van der Waals surface area contributed by atoms with Crippen LogP contribution in [0.3, 0.4) is 0 Å². The molecule has 4 heterocycles. The highest BCUT2D eigenvalue weighted by atomic mass is 15.2. The molecule has 12 aromatic rings. The summed E-state index contributed by atoms with van der Waals surface area (Å²) in [5.74, 6) is 0.583. The third-order valence-electron chi connectivity index (χ3n) is 14.4. The van der Waals surface area contributed by atoms with E-state index in [-0.39, 0.29) is 6.71 Å². The van der Waals surface area contributed by atoms with Crippen LogP contribution in [0.2, 0.25) is 0 Å². The normalized spacial score (nSPS) is 12.3. The number of para-hydroxylation sites is 5. The van der Waals surface area contributed by atoms with Crippen molar-refractivity contribution < 1.29 is 0 Å². The Morgan fingerprint density at radius 2 is 0.889 bits per heavy atom. The van der Waals surface area contributed by atoms with Crippen LogP contribution in [-0.4, -0.2) is 21.2 Å². The SMILES string of the molecule is [C-]#[N+]c1ccc(-c2nc(-c3ccccc3)cc(-c3ccccc3)n2)c(-n2c3ccccc3c3cc(-c4cc5c6c(c4)N(c4ccccc4)c4ccccc4B6c4ccccc4N5c4ccccc4)ccc32)c1. The van der Waals surface area contributed by atoms with Gasteiger partial charge in [0.25, 0.3) is 6.71 Å². The lowest BCUT2D eigenvalue weighted by Crippen LogP contribution is -2.61. The number of fused-ring (bicyclic) bond motifs is 7. The van der Waals surface area contributed by atoms with Gasteiger partial charge < -0.3 is 14.4 Å². The third-order valence-corrected chi connectivity index (χ3v) is 14.4. The van der Waals surface area contributed by atoms with Gasteiger partial charge in [-0.2, -0.15) is 0 Å². The summed E-state index contributed by atoms with van der Waals surface area (Å²) in [6.45, 7) is 8.22. The van der Waals surface area contributed by atoms with Crippen molar-refractivity contribution in [3.05, 3.63) is 260 Å². The molecule has 0 atom stereocenters. The Balaban J connectivity index is 1.00. The first kappa shape index (κ1) is 41.2. The quantitative estimate of drug-likeness (QED) is 0.118. The van der Waals surface area contributed by atoms with E-state index in [0.29, 0.717) is 11.5 Å². The van der Waals surface area contributed by atoms with E-state index in [4.69, 9.17) is 16.5 Å². The molecule has 10 aromatic carbocycles. The molecule has 334 valence electrons. The van der Waals surface area contributed by atoms with Crippen LogP contribution in [0, 0.1) is 6.57 Å². The maximum absolute atomic E-state index is 8.20. The number of aromatic nitrogens is 3. The van der Waals surface area contributed by atoms with Gasteiger partial charge in [-0.05, 0) is 106 Å². The third kappa shape index (κ3) is 6.58. The summed E-state index contributed by atoms with van der Waals surface area (Å²) in [7, 11) is 0. The zero-order valence-electron chi connectivity index (χ0n) is 38.9. The number of hydrogen-bond donors (Lipinski definition) is 0. The van der Waals surface area contributed by atoms with Gasteiger partial charge in [-0.25, -0.2) is 14.8 Å². The maximum Gasteiger partial charge on any atom is 0.252 e. The van der Waals surface area contributed by atoms with Crippen molar-refractivity contribution in [2.45, 2.75) is 0 Å². The second-order valence-corrected chi connectivity index (χ2v) is 18.4. The fraction of sp³-hybridized carbons (Fsp3) is 0. The molecule has 72 heavy (non-hydrogen) atoms. The van der Waals surface area contributed by atoms with Crippen LogP contribution in [-0.2, 0) is 0 Å². The molecule has 0 N–H and O–H groups in total. The highest BCUT2D eigenvalue weighted by Crippen LogP contribution is 2.47. The van der Waals surface area contributed by atoms with Crippen molar-refractivity contribution in [2.75, 3.05) is 9.80 Å². The number of anilines is 6. The minimum absolute atomic E-state index is 0.0263. The number of hydrogen-bond acceptors (Lipinski definition) is 4. The van der Waals surface area contributed by atoms with Gasteiger partial charge >= 0.3 is 0 Å². The molecule has 0 aliphatic carbocycles. The Morgan fingerprint density at radius 3 is 1.47 bits per heavy atom. The van der Waals surface area contributed by atoms with E-state index in [1.807, 2.05) is 54.6 Å². The zero-order valence-corrected chi connectivity index (χ0v) is 38.9. The van der Waals surface area contributed by atoms with Crippen LogP contribution in [0.1, 0.15) is 0 Å². The maximum atomic E-state index is 8.20. The van der Waals surface area contributed by atoms with Gasteiger partial charge in [0, 0.05) is 67.3 Å². The predicted octanol–water partition coefficient (Wildman–Crippen LogP) is 14.9. The molecular weight excluding hydrogens is 876 g/mol. The largest absolute Gasteiger partial charge is 0.311 e. The van der Waals surface area contributed by atoms with Gasteiger partial charge in [0.2, 0.25) is 0 Å². The van der Waals surface area contributed by atoms with Crippen molar-refractivity contribution in [1.82, 2.24) is 14.5 Å². The van der Waals surface area contributed by atoms with Gasteiger partial charge in [0.15, 0.2) is 11.5 Å². The van der Waals surface area contributed by atoms with Crippen molar-refractivity contribution in [1.29, 1.82) is 0 Å². The zero-order chi connectivity index (χ0) is 47.7. The molecule has 0 spiro atoms. The van der Waals surface area contributed by atoms with Crippen molar-refractivity contribution in [3.8, 4) is 50.7 Å². The standard InChI is InChI=1S/C65H41BN6/c1-67-47-35-36-51(65-68-55(43-20-6-2-7-21-43)42-56(69-65)44-22-8-3-9-23-44)61(41-47)72-57-31-17-14-28-50(57)52-38-45(34-37-58(52)72)46-39-62-64-63(40-46)71(49-26-12-5-13-27-49)60-33-19-16-30-54(60)66(64)53-29-15-18-32-59(53)70(62)48-24-10-4-11-25-48/h2-42H. The average Bonchev–Trinajstić information content (AvgIpc) is 3.79. The Hall–Kier alpha value is -9.77. The summed E-state index contributed by atoms with van der Waals surface area (Å²) in [5, 5.41) is 2.21. The van der Waals surface area contributed by atoms with E-state index < -0.39 is 0 Å². The van der Waals surface area contributed by atoms with E-state index in [2.05, 4.69) is 213 Å². The Labute approximate surface area is 417 Å². The summed E-state index contributed by atoms with van der Waals surface area (Å²) in [4.78, 5) is 19.4.